The van der Waals surface area contributed by atoms with Crippen molar-refractivity contribution in [1.29, 1.82) is 0 Å². The fourth-order valence-electron chi connectivity index (χ4n) is 2.16. The maximum absolute atomic E-state index is 13.6. The number of halogens is 2. The highest BCUT2D eigenvalue weighted by molar-refractivity contribution is 6.32. The van der Waals surface area contributed by atoms with Crippen LogP contribution in [0.3, 0.4) is 0 Å². The van der Waals surface area contributed by atoms with Crippen molar-refractivity contribution in [1.82, 2.24) is 0 Å². The van der Waals surface area contributed by atoms with Gasteiger partial charge in [-0.2, -0.15) is 0 Å². The van der Waals surface area contributed by atoms with Crippen LogP contribution in [0.4, 0.5) is 10.1 Å². The first-order valence-electron chi connectivity index (χ1n) is 6.87. The van der Waals surface area contributed by atoms with Gasteiger partial charge >= 0.3 is 0 Å². The molecule has 23 heavy (non-hydrogen) atoms. The summed E-state index contributed by atoms with van der Waals surface area (Å²) in [6.07, 6.45) is 2.87. The molecular formula is C17H13ClFNO3. The van der Waals surface area contributed by atoms with E-state index in [9.17, 15) is 9.18 Å². The van der Waals surface area contributed by atoms with Crippen molar-refractivity contribution in [3.05, 3.63) is 58.4 Å². The summed E-state index contributed by atoms with van der Waals surface area (Å²) in [5.74, 6) is 0.101. The molecule has 0 spiro atoms. The molecule has 0 unspecified atom stereocenters. The lowest BCUT2D eigenvalue weighted by Gasteiger charge is -2.05. The number of fused-ring (bicyclic) bond motifs is 1. The summed E-state index contributed by atoms with van der Waals surface area (Å²) in [5.41, 5.74) is 1.68. The van der Waals surface area contributed by atoms with Crippen LogP contribution in [0.5, 0.6) is 11.5 Å². The SMILES string of the molecule is Cc1ccc(F)c(NC(=O)/C=C/c2cc(Cl)c3c(c2)OCO3)c1. The predicted molar refractivity (Wildman–Crippen MR) is 86.4 cm³/mol. The number of nitrogens with one attached hydrogen (secondary N) is 1. The number of carbonyl (C=O) groups excluding carboxylic acids is 1. The van der Waals surface area contributed by atoms with Crippen molar-refractivity contribution >= 4 is 29.3 Å². The van der Waals surface area contributed by atoms with Crippen LogP contribution >= 0.6 is 11.6 Å². The summed E-state index contributed by atoms with van der Waals surface area (Å²) in [6.45, 7) is 1.94. The molecule has 1 heterocycles. The van der Waals surface area contributed by atoms with E-state index in [1.54, 1.807) is 30.3 Å². The highest BCUT2D eigenvalue weighted by atomic mass is 35.5. The molecule has 1 aliphatic rings. The molecule has 0 fully saturated rings. The predicted octanol–water partition coefficient (Wildman–Crippen LogP) is 4.17. The van der Waals surface area contributed by atoms with E-state index in [2.05, 4.69) is 5.32 Å². The Kier molecular flexibility index (Phi) is 4.21. The van der Waals surface area contributed by atoms with Crippen LogP contribution < -0.4 is 14.8 Å². The molecule has 118 valence electrons. The summed E-state index contributed by atoms with van der Waals surface area (Å²) in [6, 6.07) is 7.89. The van der Waals surface area contributed by atoms with E-state index in [0.29, 0.717) is 22.1 Å². The molecule has 0 aliphatic carbocycles. The zero-order valence-electron chi connectivity index (χ0n) is 12.2. The third kappa shape index (κ3) is 3.46. The number of amides is 1. The lowest BCUT2D eigenvalue weighted by atomic mass is 10.2. The third-order valence-electron chi connectivity index (χ3n) is 3.26. The van der Waals surface area contributed by atoms with Gasteiger partial charge in [0.2, 0.25) is 12.7 Å². The summed E-state index contributed by atoms with van der Waals surface area (Å²) < 4.78 is 24.1. The molecule has 2 aromatic rings. The fourth-order valence-corrected chi connectivity index (χ4v) is 2.44. The number of hydrogen-bond donors (Lipinski definition) is 1. The summed E-state index contributed by atoms with van der Waals surface area (Å²) in [4.78, 5) is 11.9. The maximum Gasteiger partial charge on any atom is 0.248 e. The Bertz CT molecular complexity index is 805. The normalized spacial score (nSPS) is 12.7. The Hall–Kier alpha value is -2.53. The van der Waals surface area contributed by atoms with Crippen LogP contribution in [0.2, 0.25) is 5.02 Å². The minimum Gasteiger partial charge on any atom is -0.454 e. The van der Waals surface area contributed by atoms with Crippen molar-refractivity contribution in [2.45, 2.75) is 6.92 Å². The third-order valence-corrected chi connectivity index (χ3v) is 3.54. The van der Waals surface area contributed by atoms with Crippen molar-refractivity contribution in [2.75, 3.05) is 12.1 Å². The van der Waals surface area contributed by atoms with Crippen LogP contribution in [0.25, 0.3) is 6.08 Å². The van der Waals surface area contributed by atoms with E-state index in [1.807, 2.05) is 6.92 Å². The minimum absolute atomic E-state index is 0.120. The number of anilines is 1. The quantitative estimate of drug-likeness (QED) is 0.858. The molecule has 0 radical (unpaired) electrons. The van der Waals surface area contributed by atoms with Crippen molar-refractivity contribution in [3.8, 4) is 11.5 Å². The second-order valence-electron chi connectivity index (χ2n) is 5.04. The van der Waals surface area contributed by atoms with Gasteiger partial charge in [0.05, 0.1) is 10.7 Å². The summed E-state index contributed by atoms with van der Waals surface area (Å²) >= 11 is 6.07. The van der Waals surface area contributed by atoms with Gasteiger partial charge < -0.3 is 14.8 Å². The summed E-state index contributed by atoms with van der Waals surface area (Å²) in [5, 5.41) is 2.91. The van der Waals surface area contributed by atoms with E-state index < -0.39 is 11.7 Å². The van der Waals surface area contributed by atoms with Crippen molar-refractivity contribution < 1.29 is 18.7 Å². The van der Waals surface area contributed by atoms with Crippen LogP contribution in [-0.2, 0) is 4.79 Å². The highest BCUT2D eigenvalue weighted by Crippen LogP contribution is 2.40. The lowest BCUT2D eigenvalue weighted by molar-refractivity contribution is -0.111. The van der Waals surface area contributed by atoms with Gasteiger partial charge in [-0.3, -0.25) is 4.79 Å². The largest absolute Gasteiger partial charge is 0.454 e. The van der Waals surface area contributed by atoms with Gasteiger partial charge in [-0.05, 0) is 48.4 Å². The molecule has 1 amide bonds. The maximum atomic E-state index is 13.6. The van der Waals surface area contributed by atoms with Gasteiger partial charge in [0.1, 0.15) is 5.82 Å². The standard InChI is InChI=1S/C17H13ClFNO3/c1-10-2-4-13(19)14(6-10)20-16(21)5-3-11-7-12(18)17-15(8-11)22-9-23-17/h2-8H,9H2,1H3,(H,20,21)/b5-3+. The van der Waals surface area contributed by atoms with E-state index in [0.717, 1.165) is 5.56 Å². The van der Waals surface area contributed by atoms with Gasteiger partial charge in [0.25, 0.3) is 0 Å². The molecule has 0 bridgehead atoms. The average Bonchev–Trinajstić information content (AvgIpc) is 2.98. The van der Waals surface area contributed by atoms with Crippen molar-refractivity contribution in [2.24, 2.45) is 0 Å². The number of benzene rings is 2. The smallest absolute Gasteiger partial charge is 0.248 e. The Balaban J connectivity index is 1.74. The zero-order chi connectivity index (χ0) is 16.4. The number of ether oxygens (including phenoxy) is 2. The first-order chi connectivity index (χ1) is 11.0. The molecule has 1 aliphatic heterocycles. The first kappa shape index (κ1) is 15.4. The highest BCUT2D eigenvalue weighted by Gasteiger charge is 2.17. The molecule has 0 aromatic heterocycles. The Morgan fingerprint density at radius 2 is 2.13 bits per heavy atom. The van der Waals surface area contributed by atoms with Gasteiger partial charge in [-0.15, -0.1) is 0 Å². The Morgan fingerprint density at radius 1 is 1.30 bits per heavy atom. The van der Waals surface area contributed by atoms with Gasteiger partial charge in [0, 0.05) is 6.08 Å². The number of hydrogen-bond acceptors (Lipinski definition) is 3. The van der Waals surface area contributed by atoms with Crippen molar-refractivity contribution in [3.63, 3.8) is 0 Å². The molecule has 4 nitrogen and oxygen atoms in total. The fraction of sp³-hybridized carbons (Fsp3) is 0.118. The van der Waals surface area contributed by atoms with Crippen LogP contribution in [-0.4, -0.2) is 12.7 Å². The summed E-state index contributed by atoms with van der Waals surface area (Å²) in [7, 11) is 0. The molecule has 1 N–H and O–H groups in total. The van der Waals surface area contributed by atoms with Crippen LogP contribution in [0, 0.1) is 12.7 Å². The number of aryl methyl sites for hydroxylation is 1. The molecule has 0 atom stereocenters. The molecular weight excluding hydrogens is 321 g/mol. The number of carbonyl (C=O) groups is 1. The van der Waals surface area contributed by atoms with Gasteiger partial charge in [-0.25, -0.2) is 4.39 Å². The second kappa shape index (κ2) is 6.30. The van der Waals surface area contributed by atoms with E-state index in [-0.39, 0.29) is 12.5 Å². The second-order valence-corrected chi connectivity index (χ2v) is 5.45. The Labute approximate surface area is 137 Å². The molecule has 0 saturated heterocycles. The van der Waals surface area contributed by atoms with Gasteiger partial charge in [-0.1, -0.05) is 17.7 Å². The molecule has 6 heteroatoms. The zero-order valence-corrected chi connectivity index (χ0v) is 13.0. The average molecular weight is 334 g/mol. The number of rotatable bonds is 3. The Morgan fingerprint density at radius 3 is 2.96 bits per heavy atom. The van der Waals surface area contributed by atoms with Gasteiger partial charge in [0.15, 0.2) is 11.5 Å². The first-order valence-corrected chi connectivity index (χ1v) is 7.25. The van der Waals surface area contributed by atoms with Crippen LogP contribution in [0.1, 0.15) is 11.1 Å². The lowest BCUT2D eigenvalue weighted by Crippen LogP contribution is -2.09. The van der Waals surface area contributed by atoms with E-state index in [4.69, 9.17) is 21.1 Å². The molecule has 3 rings (SSSR count). The topological polar surface area (TPSA) is 47.6 Å². The van der Waals surface area contributed by atoms with Crippen LogP contribution in [0.15, 0.2) is 36.4 Å². The molecule has 0 saturated carbocycles. The molecule has 2 aromatic carbocycles. The van der Waals surface area contributed by atoms with E-state index in [1.165, 1.54) is 12.1 Å². The van der Waals surface area contributed by atoms with E-state index >= 15 is 0 Å². The monoisotopic (exact) mass is 333 g/mol. The minimum atomic E-state index is -0.483.